The Morgan fingerprint density at radius 1 is 1.58 bits per heavy atom. The minimum absolute atomic E-state index is 0.0867. The first kappa shape index (κ1) is 12.9. The predicted octanol–water partition coefficient (Wildman–Crippen LogP) is 1.90. The number of nitrogens with two attached hydrogens (primary N) is 1. The van der Waals surface area contributed by atoms with E-state index in [1.54, 1.807) is 18.2 Å². The predicted molar refractivity (Wildman–Crippen MR) is 71.2 cm³/mol. The van der Waals surface area contributed by atoms with E-state index in [2.05, 4.69) is 4.98 Å². The number of nitrogen functional groups attached to an aromatic ring is 1. The summed E-state index contributed by atoms with van der Waals surface area (Å²) in [6.07, 6.45) is 3.05. The van der Waals surface area contributed by atoms with Crippen LogP contribution in [0.25, 0.3) is 0 Å². The first-order chi connectivity index (χ1) is 8.99. The van der Waals surface area contributed by atoms with Gasteiger partial charge in [-0.15, -0.1) is 0 Å². The summed E-state index contributed by atoms with van der Waals surface area (Å²) >= 11 is 0. The molecular weight excluding hydrogens is 246 g/mol. The van der Waals surface area contributed by atoms with Crippen LogP contribution in [-0.2, 0) is 6.54 Å². The third kappa shape index (κ3) is 2.67. The van der Waals surface area contributed by atoms with Crippen molar-refractivity contribution in [3.8, 4) is 0 Å². The van der Waals surface area contributed by atoms with Gasteiger partial charge in [-0.05, 0) is 19.1 Å². The van der Waals surface area contributed by atoms with E-state index in [0.29, 0.717) is 18.1 Å². The van der Waals surface area contributed by atoms with Crippen LogP contribution in [0.1, 0.15) is 21.7 Å². The second-order valence-corrected chi connectivity index (χ2v) is 4.30. The van der Waals surface area contributed by atoms with Crippen LogP contribution in [0.4, 0.5) is 11.5 Å². The normalized spacial score (nSPS) is 10.4. The molecule has 0 spiro atoms. The Kier molecular flexibility index (Phi) is 3.41. The summed E-state index contributed by atoms with van der Waals surface area (Å²) in [5.41, 5.74) is 6.96. The van der Waals surface area contributed by atoms with Crippen molar-refractivity contribution in [2.24, 2.45) is 0 Å². The Labute approximate surface area is 110 Å². The van der Waals surface area contributed by atoms with Gasteiger partial charge in [0.05, 0.1) is 18.1 Å². The molecule has 0 atom stereocenters. The van der Waals surface area contributed by atoms with Gasteiger partial charge in [-0.2, -0.15) is 0 Å². The molecule has 6 heteroatoms. The van der Waals surface area contributed by atoms with Gasteiger partial charge >= 0.3 is 5.97 Å². The smallest absolute Gasteiger partial charge is 0.339 e. The maximum absolute atomic E-state index is 11.2. The van der Waals surface area contributed by atoms with Gasteiger partial charge in [0.2, 0.25) is 0 Å². The molecule has 2 heterocycles. The highest BCUT2D eigenvalue weighted by atomic mass is 16.4. The van der Waals surface area contributed by atoms with Crippen molar-refractivity contribution in [2.75, 3.05) is 17.7 Å². The van der Waals surface area contributed by atoms with Gasteiger partial charge in [0.1, 0.15) is 17.1 Å². The van der Waals surface area contributed by atoms with Crippen LogP contribution >= 0.6 is 0 Å². The topological polar surface area (TPSA) is 92.6 Å². The van der Waals surface area contributed by atoms with Crippen LogP contribution in [0.3, 0.4) is 0 Å². The summed E-state index contributed by atoms with van der Waals surface area (Å²) in [4.78, 5) is 17.1. The van der Waals surface area contributed by atoms with Crippen LogP contribution in [0.2, 0.25) is 0 Å². The van der Waals surface area contributed by atoms with Crippen LogP contribution in [0.15, 0.2) is 29.0 Å². The molecule has 19 heavy (non-hydrogen) atoms. The highest BCUT2D eigenvalue weighted by molar-refractivity contribution is 5.94. The average molecular weight is 261 g/mol. The number of carboxylic acids is 1. The Balaban J connectivity index is 2.31. The number of hydrogen-bond donors (Lipinski definition) is 2. The zero-order valence-corrected chi connectivity index (χ0v) is 10.8. The number of nitrogens with zero attached hydrogens (tertiary/aromatic N) is 2. The average Bonchev–Trinajstić information content (AvgIpc) is 2.74. The van der Waals surface area contributed by atoms with Gasteiger partial charge in [-0.1, -0.05) is 0 Å². The lowest BCUT2D eigenvalue weighted by molar-refractivity contribution is 0.0697. The second kappa shape index (κ2) is 5.01. The summed E-state index contributed by atoms with van der Waals surface area (Å²) in [6.45, 7) is 2.37. The molecule has 2 rings (SSSR count). The molecule has 0 aliphatic carbocycles. The first-order valence-electron chi connectivity index (χ1n) is 5.72. The fourth-order valence-electron chi connectivity index (χ4n) is 1.84. The third-order valence-corrected chi connectivity index (χ3v) is 2.85. The number of aryl methyl sites for hydroxylation is 1. The lowest BCUT2D eigenvalue weighted by Crippen LogP contribution is -2.21. The number of carbonyl (C=O) groups is 1. The fraction of sp³-hybridized carbons (Fsp3) is 0.231. The summed E-state index contributed by atoms with van der Waals surface area (Å²) in [6, 6.07) is 3.26. The third-order valence-electron chi connectivity index (χ3n) is 2.85. The van der Waals surface area contributed by atoms with Gasteiger partial charge in [-0.25, -0.2) is 9.78 Å². The maximum atomic E-state index is 11.2. The number of aromatic carboxylic acids is 1. The molecule has 0 unspecified atom stereocenters. The van der Waals surface area contributed by atoms with E-state index in [9.17, 15) is 9.90 Å². The molecule has 0 radical (unpaired) electrons. The quantitative estimate of drug-likeness (QED) is 0.873. The van der Waals surface area contributed by atoms with E-state index in [4.69, 9.17) is 10.2 Å². The van der Waals surface area contributed by atoms with Crippen LogP contribution in [0.5, 0.6) is 0 Å². The Morgan fingerprint density at radius 2 is 2.32 bits per heavy atom. The van der Waals surface area contributed by atoms with Crippen molar-refractivity contribution in [2.45, 2.75) is 13.5 Å². The molecule has 3 N–H and O–H groups in total. The molecule has 0 aliphatic rings. The fourth-order valence-corrected chi connectivity index (χ4v) is 1.84. The minimum atomic E-state index is -1.05. The van der Waals surface area contributed by atoms with E-state index in [1.165, 1.54) is 12.3 Å². The van der Waals surface area contributed by atoms with Gasteiger partial charge in [-0.3, -0.25) is 0 Å². The largest absolute Gasteiger partial charge is 0.478 e. The van der Waals surface area contributed by atoms with Gasteiger partial charge in [0, 0.05) is 19.2 Å². The number of carboxylic acid groups (broad SMARTS) is 1. The zero-order valence-electron chi connectivity index (χ0n) is 10.8. The molecule has 0 aliphatic heterocycles. The van der Waals surface area contributed by atoms with Crippen molar-refractivity contribution >= 4 is 17.5 Å². The van der Waals surface area contributed by atoms with E-state index in [0.717, 1.165) is 11.3 Å². The monoisotopic (exact) mass is 261 g/mol. The van der Waals surface area contributed by atoms with E-state index in [1.807, 2.05) is 13.0 Å². The second-order valence-electron chi connectivity index (χ2n) is 4.30. The van der Waals surface area contributed by atoms with Crippen LogP contribution in [-0.4, -0.2) is 23.1 Å². The highest BCUT2D eigenvalue weighted by Crippen LogP contribution is 2.21. The molecule has 0 saturated heterocycles. The van der Waals surface area contributed by atoms with Crippen molar-refractivity contribution < 1.29 is 14.3 Å². The molecule has 0 saturated carbocycles. The molecule has 0 aromatic carbocycles. The number of hydrogen-bond acceptors (Lipinski definition) is 5. The number of anilines is 2. The minimum Gasteiger partial charge on any atom is -0.478 e. The first-order valence-corrected chi connectivity index (χ1v) is 5.72. The van der Waals surface area contributed by atoms with Gasteiger partial charge < -0.3 is 20.2 Å². The summed E-state index contributed by atoms with van der Waals surface area (Å²) < 4.78 is 5.21. The zero-order chi connectivity index (χ0) is 14.0. The summed E-state index contributed by atoms with van der Waals surface area (Å²) in [5.74, 6) is 0.132. The molecule has 2 aromatic heterocycles. The van der Waals surface area contributed by atoms with Crippen LogP contribution < -0.4 is 10.6 Å². The number of furan rings is 1. The highest BCUT2D eigenvalue weighted by Gasteiger charge is 2.16. The Bertz CT molecular complexity index is 607. The molecule has 100 valence electrons. The van der Waals surface area contributed by atoms with Crippen LogP contribution in [0, 0.1) is 6.92 Å². The molecule has 6 nitrogen and oxygen atoms in total. The Hall–Kier alpha value is -2.50. The number of rotatable bonds is 4. The van der Waals surface area contributed by atoms with E-state index >= 15 is 0 Å². The summed E-state index contributed by atoms with van der Waals surface area (Å²) in [7, 11) is 1.78. The molecule has 0 bridgehead atoms. The lowest BCUT2D eigenvalue weighted by Gasteiger charge is -2.19. The molecule has 2 aromatic rings. The van der Waals surface area contributed by atoms with Gasteiger partial charge in [0.15, 0.2) is 0 Å². The maximum Gasteiger partial charge on any atom is 0.339 e. The van der Waals surface area contributed by atoms with Crippen molar-refractivity contribution in [3.63, 3.8) is 0 Å². The molecular formula is C13H15N3O3. The van der Waals surface area contributed by atoms with E-state index in [-0.39, 0.29) is 5.56 Å². The molecule has 0 amide bonds. The number of aromatic nitrogens is 1. The standard InChI is InChI=1S/C13H15N3O3/c1-8-9(3-4-19-8)7-16(2)12-11(13(17)18)5-10(14)6-15-12/h3-6H,7,14H2,1-2H3,(H,17,18). The van der Waals surface area contributed by atoms with Crippen molar-refractivity contribution in [1.29, 1.82) is 0 Å². The van der Waals surface area contributed by atoms with Crippen molar-refractivity contribution in [3.05, 3.63) is 41.5 Å². The van der Waals surface area contributed by atoms with Gasteiger partial charge in [0.25, 0.3) is 0 Å². The van der Waals surface area contributed by atoms with E-state index < -0.39 is 5.97 Å². The summed E-state index contributed by atoms with van der Waals surface area (Å²) in [5, 5.41) is 9.18. The molecule has 0 fully saturated rings. The number of pyridine rings is 1. The lowest BCUT2D eigenvalue weighted by atomic mass is 10.2. The van der Waals surface area contributed by atoms with Crippen molar-refractivity contribution in [1.82, 2.24) is 4.98 Å². The SMILES string of the molecule is Cc1occc1CN(C)c1ncc(N)cc1C(=O)O. The Morgan fingerprint density at radius 3 is 2.89 bits per heavy atom.